The zero-order chi connectivity index (χ0) is 26.2. The number of nitrogens with two attached hydrogens (primary N) is 1. The van der Waals surface area contributed by atoms with Crippen molar-refractivity contribution < 1.29 is 19.2 Å². The average Bonchev–Trinajstić information content (AvgIpc) is 3.37. The normalized spacial score (nSPS) is 20.9. The van der Waals surface area contributed by atoms with Gasteiger partial charge in [0, 0.05) is 18.9 Å². The van der Waals surface area contributed by atoms with Crippen LogP contribution in [0.25, 0.3) is 0 Å². The van der Waals surface area contributed by atoms with Gasteiger partial charge in [-0.3, -0.25) is 19.2 Å². The maximum absolute atomic E-state index is 13.8. The van der Waals surface area contributed by atoms with Crippen LogP contribution < -0.4 is 16.4 Å². The van der Waals surface area contributed by atoms with Gasteiger partial charge in [0.2, 0.25) is 23.6 Å². The highest BCUT2D eigenvalue weighted by molar-refractivity contribution is 5.94. The van der Waals surface area contributed by atoms with Crippen molar-refractivity contribution in [3.8, 4) is 0 Å². The van der Waals surface area contributed by atoms with Gasteiger partial charge in [-0.15, -0.1) is 0 Å². The molecule has 2 fully saturated rings. The molecule has 0 radical (unpaired) electrons. The third kappa shape index (κ3) is 7.08. The molecule has 1 aromatic rings. The van der Waals surface area contributed by atoms with E-state index in [2.05, 4.69) is 10.6 Å². The van der Waals surface area contributed by atoms with E-state index in [0.717, 1.165) is 43.2 Å². The van der Waals surface area contributed by atoms with E-state index >= 15 is 0 Å². The number of rotatable bonds is 10. The number of nitrogens with one attached hydrogen (secondary N) is 2. The predicted molar refractivity (Wildman–Crippen MR) is 139 cm³/mol. The lowest BCUT2D eigenvalue weighted by Gasteiger charge is -2.35. The van der Waals surface area contributed by atoms with Crippen molar-refractivity contribution in [3.05, 3.63) is 35.4 Å². The van der Waals surface area contributed by atoms with Gasteiger partial charge in [0.05, 0.1) is 0 Å². The third-order valence-electron chi connectivity index (χ3n) is 7.80. The lowest BCUT2D eigenvalue weighted by molar-refractivity contribution is -0.144. The zero-order valence-corrected chi connectivity index (χ0v) is 21.9. The van der Waals surface area contributed by atoms with Gasteiger partial charge >= 0.3 is 0 Å². The Morgan fingerprint density at radius 2 is 1.67 bits per heavy atom. The van der Waals surface area contributed by atoms with Crippen molar-refractivity contribution in [1.29, 1.82) is 0 Å². The number of amides is 4. The number of hydrogen-bond acceptors (Lipinski definition) is 4. The third-order valence-corrected chi connectivity index (χ3v) is 7.80. The molecule has 0 aromatic heterocycles. The first-order chi connectivity index (χ1) is 17.2. The Labute approximate surface area is 214 Å². The lowest BCUT2D eigenvalue weighted by atomic mass is 9.83. The van der Waals surface area contributed by atoms with Crippen LogP contribution in [0.2, 0.25) is 0 Å². The summed E-state index contributed by atoms with van der Waals surface area (Å²) >= 11 is 0. The molecular weight excluding hydrogens is 456 g/mol. The molecular formula is C28H42N4O4. The van der Waals surface area contributed by atoms with Crippen LogP contribution in [-0.4, -0.2) is 53.2 Å². The molecule has 8 heteroatoms. The quantitative estimate of drug-likeness (QED) is 0.459. The molecule has 1 heterocycles. The summed E-state index contributed by atoms with van der Waals surface area (Å²) in [4.78, 5) is 53.6. The van der Waals surface area contributed by atoms with E-state index in [-0.39, 0.29) is 36.0 Å². The van der Waals surface area contributed by atoms with Crippen LogP contribution in [0, 0.1) is 18.8 Å². The zero-order valence-electron chi connectivity index (χ0n) is 21.9. The molecule has 8 nitrogen and oxygen atoms in total. The number of carbonyl (C=O) groups excluding carboxylic acids is 4. The number of hydrogen-bond donors (Lipinski definition) is 3. The monoisotopic (exact) mass is 498 g/mol. The van der Waals surface area contributed by atoms with Gasteiger partial charge in [0.25, 0.3) is 0 Å². The maximum Gasteiger partial charge on any atom is 0.246 e. The fraction of sp³-hybridized carbons (Fsp3) is 0.643. The maximum atomic E-state index is 13.8. The second kappa shape index (κ2) is 12.9. The topological polar surface area (TPSA) is 122 Å². The molecule has 198 valence electrons. The van der Waals surface area contributed by atoms with Gasteiger partial charge in [-0.1, -0.05) is 62.9 Å². The summed E-state index contributed by atoms with van der Waals surface area (Å²) in [5.74, 6) is -1.39. The van der Waals surface area contributed by atoms with Gasteiger partial charge in [-0.05, 0) is 50.5 Å². The molecule has 1 saturated heterocycles. The van der Waals surface area contributed by atoms with E-state index in [4.69, 9.17) is 5.73 Å². The average molecular weight is 499 g/mol. The minimum absolute atomic E-state index is 0.0727. The van der Waals surface area contributed by atoms with E-state index in [1.807, 2.05) is 45.0 Å². The molecule has 2 aliphatic rings. The second-order valence-electron chi connectivity index (χ2n) is 10.5. The van der Waals surface area contributed by atoms with E-state index in [0.29, 0.717) is 25.8 Å². The van der Waals surface area contributed by atoms with Gasteiger partial charge in [-0.25, -0.2) is 0 Å². The highest BCUT2D eigenvalue weighted by atomic mass is 16.2. The first kappa shape index (κ1) is 27.7. The minimum Gasteiger partial charge on any atom is -0.368 e. The summed E-state index contributed by atoms with van der Waals surface area (Å²) in [5, 5.41) is 5.83. The number of nitrogens with zero attached hydrogens (tertiary/aromatic N) is 1. The standard InChI is InChI=1S/C28H42N4O4/c1-4-19(3)26(34)31-24(21-9-6-5-7-10-21)28(36)32-16-8-11-23(32)27(35)30-22(25(29)33)17-20-14-12-18(2)13-15-20/h12-15,19,21-24H,4-11,16-17H2,1-3H3,(H2,29,33)(H,30,35)(H,31,34)/t19-,22+,23+,24+/m1/s1. The van der Waals surface area contributed by atoms with E-state index in [1.165, 1.54) is 0 Å². The predicted octanol–water partition coefficient (Wildman–Crippen LogP) is 2.61. The van der Waals surface area contributed by atoms with E-state index in [1.54, 1.807) is 4.90 Å². The summed E-state index contributed by atoms with van der Waals surface area (Å²) in [6, 6.07) is 5.56. The highest BCUT2D eigenvalue weighted by Gasteiger charge is 2.41. The SMILES string of the molecule is CC[C@@H](C)C(=O)N[C@H](C(=O)N1CCC[C@H]1C(=O)N[C@@H](Cc1ccc(C)cc1)C(N)=O)C1CCCCC1. The fourth-order valence-corrected chi connectivity index (χ4v) is 5.26. The summed E-state index contributed by atoms with van der Waals surface area (Å²) < 4.78 is 0. The van der Waals surface area contributed by atoms with Crippen molar-refractivity contribution in [2.24, 2.45) is 17.6 Å². The Balaban J connectivity index is 1.73. The molecule has 36 heavy (non-hydrogen) atoms. The molecule has 4 atom stereocenters. The summed E-state index contributed by atoms with van der Waals surface area (Å²) in [7, 11) is 0. The lowest BCUT2D eigenvalue weighted by Crippen LogP contribution is -2.58. The number of likely N-dealkylation sites (tertiary alicyclic amines) is 1. The highest BCUT2D eigenvalue weighted by Crippen LogP contribution is 2.29. The molecule has 0 spiro atoms. The molecule has 3 rings (SSSR count). The van der Waals surface area contributed by atoms with Crippen LogP contribution >= 0.6 is 0 Å². The molecule has 1 aromatic carbocycles. The first-order valence-electron chi connectivity index (χ1n) is 13.5. The Morgan fingerprint density at radius 1 is 1.00 bits per heavy atom. The van der Waals surface area contributed by atoms with Crippen LogP contribution in [0.1, 0.15) is 76.3 Å². The van der Waals surface area contributed by atoms with Gasteiger partial charge in [0.1, 0.15) is 18.1 Å². The first-order valence-corrected chi connectivity index (χ1v) is 13.5. The molecule has 1 saturated carbocycles. The number of primary amides is 1. The van der Waals surface area contributed by atoms with Crippen molar-refractivity contribution in [3.63, 3.8) is 0 Å². The van der Waals surface area contributed by atoms with Crippen molar-refractivity contribution in [2.45, 2.75) is 96.7 Å². The van der Waals surface area contributed by atoms with Gasteiger partial charge < -0.3 is 21.3 Å². The Hall–Kier alpha value is -2.90. The Kier molecular flexibility index (Phi) is 9.90. The summed E-state index contributed by atoms with van der Waals surface area (Å²) in [5.41, 5.74) is 7.62. The number of aryl methyl sites for hydroxylation is 1. The molecule has 4 amide bonds. The smallest absolute Gasteiger partial charge is 0.246 e. The molecule has 1 aliphatic carbocycles. The van der Waals surface area contributed by atoms with Crippen LogP contribution in [0.5, 0.6) is 0 Å². The number of carbonyl (C=O) groups is 4. The molecule has 4 N–H and O–H groups in total. The largest absolute Gasteiger partial charge is 0.368 e. The van der Waals surface area contributed by atoms with Gasteiger partial charge in [-0.2, -0.15) is 0 Å². The molecule has 0 unspecified atom stereocenters. The summed E-state index contributed by atoms with van der Waals surface area (Å²) in [6.45, 7) is 6.25. The Morgan fingerprint density at radius 3 is 2.28 bits per heavy atom. The van der Waals surface area contributed by atoms with E-state index in [9.17, 15) is 19.2 Å². The summed E-state index contributed by atoms with van der Waals surface area (Å²) in [6.07, 6.45) is 7.20. The van der Waals surface area contributed by atoms with Crippen molar-refractivity contribution >= 4 is 23.6 Å². The van der Waals surface area contributed by atoms with Crippen LogP contribution in [0.4, 0.5) is 0 Å². The fourth-order valence-electron chi connectivity index (χ4n) is 5.26. The van der Waals surface area contributed by atoms with E-state index < -0.39 is 24.0 Å². The van der Waals surface area contributed by atoms with Crippen molar-refractivity contribution in [2.75, 3.05) is 6.54 Å². The molecule has 0 bridgehead atoms. The van der Waals surface area contributed by atoms with Crippen LogP contribution in [-0.2, 0) is 25.6 Å². The van der Waals surface area contributed by atoms with Crippen molar-refractivity contribution in [1.82, 2.24) is 15.5 Å². The second-order valence-corrected chi connectivity index (χ2v) is 10.5. The van der Waals surface area contributed by atoms with Crippen LogP contribution in [0.3, 0.4) is 0 Å². The Bertz CT molecular complexity index is 926. The minimum atomic E-state index is -0.864. The van der Waals surface area contributed by atoms with Gasteiger partial charge in [0.15, 0.2) is 0 Å². The van der Waals surface area contributed by atoms with Crippen LogP contribution in [0.15, 0.2) is 24.3 Å². The molecule has 1 aliphatic heterocycles. The number of benzene rings is 1.